The fraction of sp³-hybridized carbons (Fsp3) is 0.400. The largest absolute Gasteiger partial charge is 0.308 e. The van der Waals surface area contributed by atoms with Gasteiger partial charge in [0.15, 0.2) is 0 Å². The molecule has 0 amide bonds. The van der Waals surface area contributed by atoms with Gasteiger partial charge in [0.2, 0.25) is 10.0 Å². The molecule has 0 aliphatic carbocycles. The molecular weight excluding hydrogens is 308 g/mol. The number of sulfonamides is 1. The highest BCUT2D eigenvalue weighted by Crippen LogP contribution is 2.27. The molecule has 2 rings (SSSR count). The second-order valence-corrected chi connectivity index (χ2v) is 6.88. The predicted octanol–water partition coefficient (Wildman–Crippen LogP) is 1.18. The number of nitrogens with zero attached hydrogens (tertiary/aromatic N) is 3. The molecular formula is C10H13ClN4O2S2. The van der Waals surface area contributed by atoms with E-state index in [0.29, 0.717) is 29.1 Å². The van der Waals surface area contributed by atoms with E-state index >= 15 is 0 Å². The predicted molar refractivity (Wildman–Crippen MR) is 76.2 cm³/mol. The summed E-state index contributed by atoms with van der Waals surface area (Å²) < 4.78 is 34.9. The van der Waals surface area contributed by atoms with Crippen LogP contribution in [0.2, 0.25) is 5.02 Å². The first-order valence-corrected chi connectivity index (χ1v) is 8.06. The van der Waals surface area contributed by atoms with Crippen LogP contribution < -0.4 is 4.72 Å². The third-order valence-electron chi connectivity index (χ3n) is 2.47. The van der Waals surface area contributed by atoms with E-state index in [1.807, 2.05) is 19.0 Å². The maximum Gasteiger partial charge on any atom is 0.242 e. The van der Waals surface area contributed by atoms with Gasteiger partial charge in [-0.1, -0.05) is 11.6 Å². The maximum atomic E-state index is 12.2. The van der Waals surface area contributed by atoms with Gasteiger partial charge in [-0.05, 0) is 26.2 Å². The summed E-state index contributed by atoms with van der Waals surface area (Å²) in [7, 11) is 0.148. The zero-order valence-electron chi connectivity index (χ0n) is 10.4. The molecule has 1 N–H and O–H groups in total. The molecule has 0 saturated carbocycles. The fourth-order valence-electron chi connectivity index (χ4n) is 1.51. The summed E-state index contributed by atoms with van der Waals surface area (Å²) >= 11 is 6.89. The Morgan fingerprint density at radius 2 is 2.00 bits per heavy atom. The van der Waals surface area contributed by atoms with Crippen LogP contribution in [0.3, 0.4) is 0 Å². The van der Waals surface area contributed by atoms with Crippen molar-refractivity contribution in [2.75, 3.05) is 27.2 Å². The molecule has 0 radical (unpaired) electrons. The number of fused-ring (bicyclic) bond motifs is 1. The Morgan fingerprint density at radius 3 is 2.68 bits per heavy atom. The Bertz CT molecular complexity index is 684. The van der Waals surface area contributed by atoms with Crippen LogP contribution in [0.15, 0.2) is 17.0 Å². The Morgan fingerprint density at radius 1 is 1.32 bits per heavy atom. The van der Waals surface area contributed by atoms with Crippen LogP contribution in [-0.2, 0) is 10.0 Å². The topological polar surface area (TPSA) is 75.2 Å². The Kier molecular flexibility index (Phi) is 4.36. The van der Waals surface area contributed by atoms with Gasteiger partial charge in [-0.3, -0.25) is 0 Å². The first kappa shape index (κ1) is 14.6. The number of likely N-dealkylation sites (N-methyl/N-ethyl adjacent to an activating group) is 1. The van der Waals surface area contributed by atoms with Crippen LogP contribution in [0, 0.1) is 0 Å². The normalized spacial score (nSPS) is 12.4. The molecule has 1 aromatic heterocycles. The van der Waals surface area contributed by atoms with Crippen LogP contribution in [0.4, 0.5) is 0 Å². The maximum absolute atomic E-state index is 12.2. The van der Waals surface area contributed by atoms with Crippen LogP contribution in [0.25, 0.3) is 11.0 Å². The summed E-state index contributed by atoms with van der Waals surface area (Å²) in [6.45, 7) is 0.947. The number of benzene rings is 1. The first-order chi connectivity index (χ1) is 8.92. The van der Waals surface area contributed by atoms with Gasteiger partial charge in [0.1, 0.15) is 15.9 Å². The molecule has 0 spiro atoms. The highest BCUT2D eigenvalue weighted by molar-refractivity contribution is 7.89. The lowest BCUT2D eigenvalue weighted by Crippen LogP contribution is -2.31. The van der Waals surface area contributed by atoms with E-state index in [0.717, 1.165) is 11.7 Å². The van der Waals surface area contributed by atoms with E-state index in [4.69, 9.17) is 11.6 Å². The second-order valence-electron chi connectivity index (χ2n) is 4.21. The number of aromatic nitrogens is 2. The van der Waals surface area contributed by atoms with Crippen molar-refractivity contribution in [2.24, 2.45) is 0 Å². The zero-order valence-corrected chi connectivity index (χ0v) is 12.8. The van der Waals surface area contributed by atoms with Crippen LogP contribution in [-0.4, -0.2) is 49.2 Å². The number of rotatable bonds is 5. The van der Waals surface area contributed by atoms with Crippen molar-refractivity contribution in [2.45, 2.75) is 4.90 Å². The molecule has 0 saturated heterocycles. The smallest absolute Gasteiger partial charge is 0.242 e. The zero-order chi connectivity index (χ0) is 14.0. The van der Waals surface area contributed by atoms with E-state index < -0.39 is 10.0 Å². The van der Waals surface area contributed by atoms with Crippen molar-refractivity contribution in [1.82, 2.24) is 18.4 Å². The molecule has 9 heteroatoms. The third-order valence-corrected chi connectivity index (χ3v) is 4.80. The second kappa shape index (κ2) is 5.68. The van der Waals surface area contributed by atoms with Crippen molar-refractivity contribution in [1.29, 1.82) is 0 Å². The molecule has 104 valence electrons. The van der Waals surface area contributed by atoms with E-state index in [2.05, 4.69) is 13.5 Å². The molecule has 0 aliphatic rings. The van der Waals surface area contributed by atoms with E-state index in [-0.39, 0.29) is 4.90 Å². The van der Waals surface area contributed by atoms with Crippen molar-refractivity contribution in [3.05, 3.63) is 17.2 Å². The molecule has 0 aliphatic heterocycles. The summed E-state index contributed by atoms with van der Waals surface area (Å²) in [5.74, 6) is 0. The summed E-state index contributed by atoms with van der Waals surface area (Å²) in [5.41, 5.74) is 0.733. The van der Waals surface area contributed by atoms with E-state index in [1.54, 1.807) is 0 Å². The van der Waals surface area contributed by atoms with Crippen molar-refractivity contribution in [3.8, 4) is 0 Å². The number of hydrogen-bond donors (Lipinski definition) is 1. The van der Waals surface area contributed by atoms with Gasteiger partial charge in [0, 0.05) is 13.1 Å². The van der Waals surface area contributed by atoms with Crippen molar-refractivity contribution < 1.29 is 8.42 Å². The van der Waals surface area contributed by atoms with E-state index in [9.17, 15) is 8.42 Å². The summed E-state index contributed by atoms with van der Waals surface area (Å²) in [4.78, 5) is 2.00. The number of halogens is 1. The molecule has 2 aromatic rings. The first-order valence-electron chi connectivity index (χ1n) is 5.47. The SMILES string of the molecule is CN(C)CCNS(=O)(=O)c1ccc(Cl)c2nsnc12. The average Bonchev–Trinajstić information content (AvgIpc) is 2.77. The summed E-state index contributed by atoms with van der Waals surface area (Å²) in [5, 5.41) is 0.399. The minimum Gasteiger partial charge on any atom is -0.308 e. The molecule has 1 heterocycles. The van der Waals surface area contributed by atoms with Crippen molar-refractivity contribution >= 4 is 44.4 Å². The molecule has 1 aromatic carbocycles. The standard InChI is InChI=1S/C10H13ClN4O2S2/c1-15(2)6-5-12-19(16,17)8-4-3-7(11)9-10(8)14-18-13-9/h3-4,12H,5-6H2,1-2H3. The van der Waals surface area contributed by atoms with Gasteiger partial charge in [-0.25, -0.2) is 13.1 Å². The van der Waals surface area contributed by atoms with Gasteiger partial charge in [-0.15, -0.1) is 0 Å². The van der Waals surface area contributed by atoms with Gasteiger partial charge in [0.05, 0.1) is 16.8 Å². The lowest BCUT2D eigenvalue weighted by atomic mass is 10.3. The molecule has 0 unspecified atom stereocenters. The van der Waals surface area contributed by atoms with Crippen LogP contribution >= 0.6 is 23.3 Å². The van der Waals surface area contributed by atoms with Crippen LogP contribution in [0.5, 0.6) is 0 Å². The highest BCUT2D eigenvalue weighted by atomic mass is 35.5. The lowest BCUT2D eigenvalue weighted by Gasteiger charge is -2.11. The number of nitrogens with one attached hydrogen (secondary N) is 1. The average molecular weight is 321 g/mol. The quantitative estimate of drug-likeness (QED) is 0.895. The Hall–Kier alpha value is -0.800. The summed E-state index contributed by atoms with van der Waals surface area (Å²) in [6.07, 6.45) is 0. The Labute approximate surface area is 120 Å². The Balaban J connectivity index is 2.33. The number of hydrogen-bond acceptors (Lipinski definition) is 6. The minimum atomic E-state index is -3.60. The minimum absolute atomic E-state index is 0.111. The fourth-order valence-corrected chi connectivity index (χ4v) is 3.55. The third kappa shape index (κ3) is 3.21. The molecule has 19 heavy (non-hydrogen) atoms. The molecule has 0 bridgehead atoms. The van der Waals surface area contributed by atoms with Crippen molar-refractivity contribution in [3.63, 3.8) is 0 Å². The van der Waals surface area contributed by atoms with Gasteiger partial charge in [-0.2, -0.15) is 8.75 Å². The van der Waals surface area contributed by atoms with E-state index in [1.165, 1.54) is 12.1 Å². The van der Waals surface area contributed by atoms with Gasteiger partial charge < -0.3 is 4.90 Å². The van der Waals surface area contributed by atoms with Crippen LogP contribution in [0.1, 0.15) is 0 Å². The molecule has 0 fully saturated rings. The monoisotopic (exact) mass is 320 g/mol. The highest BCUT2D eigenvalue weighted by Gasteiger charge is 2.20. The molecule has 0 atom stereocenters. The summed E-state index contributed by atoms with van der Waals surface area (Å²) in [6, 6.07) is 2.97. The van der Waals surface area contributed by atoms with Gasteiger partial charge in [0.25, 0.3) is 0 Å². The van der Waals surface area contributed by atoms with Gasteiger partial charge >= 0.3 is 0 Å². The molecule has 6 nitrogen and oxygen atoms in total. The lowest BCUT2D eigenvalue weighted by molar-refractivity contribution is 0.412.